The molecule has 0 aliphatic carbocycles. The van der Waals surface area contributed by atoms with E-state index in [4.69, 9.17) is 10.5 Å². The van der Waals surface area contributed by atoms with Gasteiger partial charge in [0.2, 0.25) is 5.82 Å². The van der Waals surface area contributed by atoms with Gasteiger partial charge < -0.3 is 10.5 Å². The van der Waals surface area contributed by atoms with E-state index in [2.05, 4.69) is 33.6 Å². The largest absolute Gasteiger partial charge is 0.442 e. The fourth-order valence-electron chi connectivity index (χ4n) is 4.15. The van der Waals surface area contributed by atoms with Crippen molar-refractivity contribution in [3.8, 4) is 22.5 Å². The maximum atomic E-state index is 12.2. The molecule has 0 radical (unpaired) electrons. The molecular weight excluding hydrogens is 356 g/mol. The van der Waals surface area contributed by atoms with E-state index in [1.165, 1.54) is 4.80 Å². The second-order valence-electron chi connectivity index (χ2n) is 7.28. The standard InChI is InChI=1S/C20H20N6O2/c1-11-7-12(3-5-15(11)19-22-24-25(2)23-19)13-4-6-16-14(8-13)9-17-18(10-21)28-20(27)26(16)17/h3-8,17-18H,9-10,21H2,1-2H3. The Bertz CT molecular complexity index is 1090. The van der Waals surface area contributed by atoms with E-state index >= 15 is 0 Å². The molecule has 2 aliphatic heterocycles. The molecule has 1 saturated heterocycles. The van der Waals surface area contributed by atoms with Crippen LogP contribution in [0.15, 0.2) is 36.4 Å². The van der Waals surface area contributed by atoms with Gasteiger partial charge in [0.15, 0.2) is 0 Å². The number of carbonyl (C=O) groups is 1. The van der Waals surface area contributed by atoms with Gasteiger partial charge in [-0.1, -0.05) is 24.3 Å². The van der Waals surface area contributed by atoms with Gasteiger partial charge in [-0.25, -0.2) is 4.79 Å². The Morgan fingerprint density at radius 1 is 1.21 bits per heavy atom. The first-order chi connectivity index (χ1) is 13.5. The number of nitrogens with two attached hydrogens (primary N) is 1. The van der Waals surface area contributed by atoms with Crippen molar-refractivity contribution < 1.29 is 9.53 Å². The Morgan fingerprint density at radius 3 is 2.71 bits per heavy atom. The number of aromatic nitrogens is 4. The second-order valence-corrected chi connectivity index (χ2v) is 7.28. The van der Waals surface area contributed by atoms with Crippen LogP contribution < -0.4 is 10.6 Å². The lowest BCUT2D eigenvalue weighted by Gasteiger charge is -2.15. The number of amides is 1. The molecule has 3 heterocycles. The van der Waals surface area contributed by atoms with Gasteiger partial charge in [-0.15, -0.1) is 10.2 Å². The summed E-state index contributed by atoms with van der Waals surface area (Å²) in [4.78, 5) is 15.4. The van der Waals surface area contributed by atoms with E-state index in [9.17, 15) is 4.79 Å². The third kappa shape index (κ3) is 2.49. The van der Waals surface area contributed by atoms with Crippen molar-refractivity contribution in [2.45, 2.75) is 25.5 Å². The first-order valence-electron chi connectivity index (χ1n) is 9.23. The topological polar surface area (TPSA) is 99.2 Å². The first-order valence-corrected chi connectivity index (χ1v) is 9.23. The van der Waals surface area contributed by atoms with Crippen LogP contribution in [0.2, 0.25) is 0 Å². The Kier molecular flexibility index (Phi) is 3.70. The molecule has 1 fully saturated rings. The highest BCUT2D eigenvalue weighted by atomic mass is 16.6. The Morgan fingerprint density at radius 2 is 2.00 bits per heavy atom. The van der Waals surface area contributed by atoms with Gasteiger partial charge in [-0.05, 0) is 52.9 Å². The van der Waals surface area contributed by atoms with Gasteiger partial charge in [-0.3, -0.25) is 4.90 Å². The maximum absolute atomic E-state index is 12.2. The molecule has 28 heavy (non-hydrogen) atoms. The van der Waals surface area contributed by atoms with Crippen molar-refractivity contribution in [1.82, 2.24) is 20.2 Å². The van der Waals surface area contributed by atoms with Crippen LogP contribution in [0.1, 0.15) is 11.1 Å². The van der Waals surface area contributed by atoms with Crippen LogP contribution in [0.4, 0.5) is 10.5 Å². The number of benzene rings is 2. The molecule has 8 nitrogen and oxygen atoms in total. The van der Waals surface area contributed by atoms with E-state index in [1.54, 1.807) is 11.9 Å². The summed E-state index contributed by atoms with van der Waals surface area (Å²) in [6.07, 6.45) is 0.213. The summed E-state index contributed by atoms with van der Waals surface area (Å²) in [5.41, 5.74) is 12.1. The quantitative estimate of drug-likeness (QED) is 0.751. The molecule has 2 aromatic carbocycles. The molecule has 142 valence electrons. The third-order valence-corrected chi connectivity index (χ3v) is 5.52. The molecule has 2 atom stereocenters. The summed E-state index contributed by atoms with van der Waals surface area (Å²) in [5, 5.41) is 12.3. The summed E-state index contributed by atoms with van der Waals surface area (Å²) in [6.45, 7) is 2.38. The van der Waals surface area contributed by atoms with Crippen LogP contribution in [0, 0.1) is 6.92 Å². The van der Waals surface area contributed by atoms with Gasteiger partial charge in [0.05, 0.1) is 18.8 Å². The van der Waals surface area contributed by atoms with Gasteiger partial charge in [0.25, 0.3) is 0 Å². The Hall–Kier alpha value is -3.26. The highest BCUT2D eigenvalue weighted by Crippen LogP contribution is 2.40. The van der Waals surface area contributed by atoms with Crippen LogP contribution >= 0.6 is 0 Å². The van der Waals surface area contributed by atoms with Crippen molar-refractivity contribution in [2.24, 2.45) is 12.8 Å². The lowest BCUT2D eigenvalue weighted by molar-refractivity contribution is 0.135. The van der Waals surface area contributed by atoms with Gasteiger partial charge in [0, 0.05) is 12.1 Å². The normalized spacial score (nSPS) is 20.2. The van der Waals surface area contributed by atoms with E-state index < -0.39 is 0 Å². The second kappa shape index (κ2) is 6.13. The molecular formula is C20H20N6O2. The number of aryl methyl sites for hydroxylation is 2. The van der Waals surface area contributed by atoms with Gasteiger partial charge >= 0.3 is 6.09 Å². The fraction of sp³-hybridized carbons (Fsp3) is 0.300. The number of ether oxygens (including phenoxy) is 1. The van der Waals surface area contributed by atoms with E-state index in [-0.39, 0.29) is 18.2 Å². The first kappa shape index (κ1) is 16.9. The molecule has 2 N–H and O–H groups in total. The summed E-state index contributed by atoms with van der Waals surface area (Å²) in [5.74, 6) is 0.618. The van der Waals surface area contributed by atoms with E-state index in [0.29, 0.717) is 12.4 Å². The zero-order valence-electron chi connectivity index (χ0n) is 15.7. The average molecular weight is 376 g/mol. The molecule has 2 unspecified atom stereocenters. The maximum Gasteiger partial charge on any atom is 0.415 e. The smallest absolute Gasteiger partial charge is 0.415 e. The number of hydrogen-bond acceptors (Lipinski definition) is 6. The van der Waals surface area contributed by atoms with Crippen molar-refractivity contribution in [3.63, 3.8) is 0 Å². The van der Waals surface area contributed by atoms with Crippen molar-refractivity contribution in [3.05, 3.63) is 47.5 Å². The predicted molar refractivity (Wildman–Crippen MR) is 104 cm³/mol. The van der Waals surface area contributed by atoms with Crippen molar-refractivity contribution >= 4 is 11.8 Å². The highest BCUT2D eigenvalue weighted by Gasteiger charge is 2.46. The van der Waals surface area contributed by atoms with Crippen LogP contribution in [-0.2, 0) is 18.2 Å². The average Bonchev–Trinajstić information content (AvgIpc) is 3.36. The fourth-order valence-corrected chi connectivity index (χ4v) is 4.15. The van der Waals surface area contributed by atoms with Crippen molar-refractivity contribution in [2.75, 3.05) is 11.4 Å². The molecule has 0 bridgehead atoms. The third-order valence-electron chi connectivity index (χ3n) is 5.52. The summed E-state index contributed by atoms with van der Waals surface area (Å²) < 4.78 is 5.37. The SMILES string of the molecule is Cc1cc(-c2ccc3c(c2)CC2C(CN)OC(=O)N32)ccc1-c1nnn(C)n1. The highest BCUT2D eigenvalue weighted by molar-refractivity contribution is 5.94. The molecule has 8 heteroatoms. The minimum atomic E-state index is -0.302. The molecule has 0 spiro atoms. The zero-order valence-corrected chi connectivity index (χ0v) is 15.7. The molecule has 0 saturated carbocycles. The Labute approximate surface area is 161 Å². The van der Waals surface area contributed by atoms with E-state index in [0.717, 1.165) is 39.9 Å². The lowest BCUT2D eigenvalue weighted by Crippen LogP contribution is -2.37. The minimum Gasteiger partial charge on any atom is -0.442 e. The molecule has 2 aliphatic rings. The number of hydrogen-bond donors (Lipinski definition) is 1. The summed E-state index contributed by atoms with van der Waals surface area (Å²) in [6, 6.07) is 12.4. The lowest BCUT2D eigenvalue weighted by atomic mass is 9.97. The summed E-state index contributed by atoms with van der Waals surface area (Å²) in [7, 11) is 1.75. The van der Waals surface area contributed by atoms with Crippen LogP contribution in [0.3, 0.4) is 0 Å². The minimum absolute atomic E-state index is 0.00501. The van der Waals surface area contributed by atoms with Crippen molar-refractivity contribution in [1.29, 1.82) is 0 Å². The predicted octanol–water partition coefficient (Wildman–Crippen LogP) is 2.06. The number of fused-ring (bicyclic) bond motifs is 3. The van der Waals surface area contributed by atoms with Crippen LogP contribution in [0.25, 0.3) is 22.5 Å². The van der Waals surface area contributed by atoms with E-state index in [1.807, 2.05) is 25.1 Å². The number of carbonyl (C=O) groups excluding carboxylic acids is 1. The summed E-state index contributed by atoms with van der Waals surface area (Å²) >= 11 is 0. The number of anilines is 1. The Balaban J connectivity index is 1.48. The van der Waals surface area contributed by atoms with Gasteiger partial charge in [-0.2, -0.15) is 4.80 Å². The monoisotopic (exact) mass is 376 g/mol. The molecule has 3 aromatic rings. The van der Waals surface area contributed by atoms with Gasteiger partial charge in [0.1, 0.15) is 6.10 Å². The molecule has 1 amide bonds. The van der Waals surface area contributed by atoms with Crippen LogP contribution in [0.5, 0.6) is 0 Å². The number of nitrogens with zero attached hydrogens (tertiary/aromatic N) is 5. The number of cyclic esters (lactones) is 1. The van der Waals surface area contributed by atoms with Crippen LogP contribution in [-0.4, -0.2) is 45.0 Å². The number of tetrazole rings is 1. The molecule has 1 aromatic heterocycles. The zero-order chi connectivity index (χ0) is 19.4. The number of rotatable bonds is 3. The molecule has 5 rings (SSSR count).